The van der Waals surface area contributed by atoms with Crippen molar-refractivity contribution in [1.82, 2.24) is 10.2 Å². The summed E-state index contributed by atoms with van der Waals surface area (Å²) in [5, 5.41) is 12.8. The van der Waals surface area contributed by atoms with E-state index in [1.54, 1.807) is 13.1 Å². The van der Waals surface area contributed by atoms with Crippen molar-refractivity contribution in [2.75, 3.05) is 10.6 Å². The molecule has 8 heteroatoms. The van der Waals surface area contributed by atoms with E-state index in [1.807, 2.05) is 30.3 Å². The lowest BCUT2D eigenvalue weighted by Crippen LogP contribution is -2.26. The summed E-state index contributed by atoms with van der Waals surface area (Å²) in [6, 6.07) is 13.9. The van der Waals surface area contributed by atoms with Crippen molar-refractivity contribution in [1.29, 1.82) is 0 Å². The molecule has 2 heterocycles. The van der Waals surface area contributed by atoms with Crippen molar-refractivity contribution in [3.8, 4) is 0 Å². The van der Waals surface area contributed by atoms with Gasteiger partial charge < -0.3 is 10.6 Å². The van der Waals surface area contributed by atoms with Gasteiger partial charge in [0, 0.05) is 28.4 Å². The number of H-pyrrole nitrogens is 1. The number of nitrogens with one attached hydrogen (secondary N) is 3. The van der Waals surface area contributed by atoms with Crippen LogP contribution in [0.15, 0.2) is 72.1 Å². The predicted octanol–water partition coefficient (Wildman–Crippen LogP) is 4.90. The molecule has 3 aromatic rings. The summed E-state index contributed by atoms with van der Waals surface area (Å²) >= 11 is 0. The number of rotatable bonds is 3. The normalized spacial score (nSPS) is 16.2. The Morgan fingerprint density at radius 2 is 1.76 bits per heavy atom. The third-order valence-corrected chi connectivity index (χ3v) is 4.83. The van der Waals surface area contributed by atoms with Crippen LogP contribution in [0.2, 0.25) is 0 Å². The summed E-state index contributed by atoms with van der Waals surface area (Å²) in [4.78, 5) is 13.1. The molecule has 29 heavy (non-hydrogen) atoms. The van der Waals surface area contributed by atoms with Crippen LogP contribution in [-0.4, -0.2) is 16.1 Å². The van der Waals surface area contributed by atoms with Gasteiger partial charge in [-0.2, -0.15) is 18.3 Å². The van der Waals surface area contributed by atoms with Crippen LogP contribution in [0.25, 0.3) is 0 Å². The summed E-state index contributed by atoms with van der Waals surface area (Å²) in [6.45, 7) is 1.78. The van der Waals surface area contributed by atoms with E-state index in [0.717, 1.165) is 23.3 Å². The molecule has 0 saturated heterocycles. The lowest BCUT2D eigenvalue weighted by Gasteiger charge is -2.28. The van der Waals surface area contributed by atoms with Crippen LogP contribution in [0.4, 0.5) is 24.7 Å². The number of aromatic amines is 1. The van der Waals surface area contributed by atoms with Crippen LogP contribution in [0, 0.1) is 0 Å². The average Bonchev–Trinajstić information content (AvgIpc) is 3.15. The third kappa shape index (κ3) is 3.61. The molecular weight excluding hydrogens is 381 g/mol. The highest BCUT2D eigenvalue weighted by molar-refractivity contribution is 6.07. The average molecular weight is 398 g/mol. The first-order valence-electron chi connectivity index (χ1n) is 8.89. The molecule has 5 nitrogen and oxygen atoms in total. The molecule has 0 spiro atoms. The number of aromatic nitrogens is 2. The van der Waals surface area contributed by atoms with Gasteiger partial charge in [-0.15, -0.1) is 0 Å². The van der Waals surface area contributed by atoms with Crippen molar-refractivity contribution in [3.05, 3.63) is 88.8 Å². The monoisotopic (exact) mass is 398 g/mol. The smallest absolute Gasteiger partial charge is 0.344 e. The lowest BCUT2D eigenvalue weighted by molar-refractivity contribution is -0.137. The second kappa shape index (κ2) is 7.12. The molecule has 1 amide bonds. The Morgan fingerprint density at radius 3 is 2.41 bits per heavy atom. The zero-order chi connectivity index (χ0) is 20.6. The van der Waals surface area contributed by atoms with Gasteiger partial charge in [0.1, 0.15) is 5.82 Å². The van der Waals surface area contributed by atoms with E-state index < -0.39 is 17.6 Å². The van der Waals surface area contributed by atoms with Gasteiger partial charge in [0.2, 0.25) is 0 Å². The summed E-state index contributed by atoms with van der Waals surface area (Å²) < 4.78 is 38.3. The van der Waals surface area contributed by atoms with Crippen LogP contribution < -0.4 is 10.6 Å². The van der Waals surface area contributed by atoms with E-state index in [2.05, 4.69) is 20.8 Å². The molecule has 0 aliphatic carbocycles. The summed E-state index contributed by atoms with van der Waals surface area (Å²) in [5.41, 5.74) is 2.36. The quantitative estimate of drug-likeness (QED) is 0.588. The number of anilines is 2. The number of halogens is 3. The Morgan fingerprint density at radius 1 is 1.07 bits per heavy atom. The predicted molar refractivity (Wildman–Crippen MR) is 103 cm³/mol. The SMILES string of the molecule is CC1=C(C(=O)Nc2ccc(C(F)(F)F)cc2)C(c2ccccc2)c2cn[nH]c2N1. The number of alkyl halides is 3. The number of benzene rings is 2. The molecule has 0 radical (unpaired) electrons. The summed E-state index contributed by atoms with van der Waals surface area (Å²) in [7, 11) is 0. The first-order valence-corrected chi connectivity index (χ1v) is 8.89. The van der Waals surface area contributed by atoms with E-state index in [9.17, 15) is 18.0 Å². The van der Waals surface area contributed by atoms with Gasteiger partial charge >= 0.3 is 6.18 Å². The van der Waals surface area contributed by atoms with Gasteiger partial charge in [-0.3, -0.25) is 9.89 Å². The minimum absolute atomic E-state index is 0.285. The van der Waals surface area contributed by atoms with E-state index in [0.29, 0.717) is 17.1 Å². The van der Waals surface area contributed by atoms with E-state index in [1.165, 1.54) is 12.1 Å². The topological polar surface area (TPSA) is 69.8 Å². The largest absolute Gasteiger partial charge is 0.416 e. The van der Waals surface area contributed by atoms with Crippen LogP contribution in [-0.2, 0) is 11.0 Å². The second-order valence-electron chi connectivity index (χ2n) is 6.74. The number of amides is 1. The summed E-state index contributed by atoms with van der Waals surface area (Å²) in [6.07, 6.45) is -2.76. The molecule has 4 rings (SSSR count). The van der Waals surface area contributed by atoms with Crippen molar-refractivity contribution < 1.29 is 18.0 Å². The molecule has 3 N–H and O–H groups in total. The Bertz CT molecular complexity index is 1070. The van der Waals surface area contributed by atoms with Gasteiger partial charge in [-0.1, -0.05) is 30.3 Å². The highest BCUT2D eigenvalue weighted by atomic mass is 19.4. The van der Waals surface area contributed by atoms with E-state index in [-0.39, 0.29) is 11.6 Å². The van der Waals surface area contributed by atoms with Crippen molar-refractivity contribution in [2.24, 2.45) is 0 Å². The standard InChI is InChI=1S/C21H17F3N4O/c1-12-17(20(29)27-15-9-7-14(8-10-15)21(22,23)24)18(13-5-3-2-4-6-13)16-11-25-28-19(16)26-12/h2-11,18H,1H3,(H,27,29)(H2,25,26,28). The van der Waals surface area contributed by atoms with Crippen LogP contribution in [0.3, 0.4) is 0 Å². The number of carbonyl (C=O) groups excluding carboxylic acids is 1. The van der Waals surface area contributed by atoms with E-state index in [4.69, 9.17) is 0 Å². The first kappa shape index (κ1) is 18.8. The highest BCUT2D eigenvalue weighted by Gasteiger charge is 2.34. The molecule has 0 bridgehead atoms. The first-order chi connectivity index (χ1) is 13.8. The maximum atomic E-state index is 13.1. The van der Waals surface area contributed by atoms with Gasteiger partial charge in [-0.05, 0) is 36.8 Å². The Labute approximate surface area is 164 Å². The number of nitrogens with zero attached hydrogens (tertiary/aromatic N) is 1. The van der Waals surface area contributed by atoms with Crippen molar-refractivity contribution >= 4 is 17.4 Å². The fraction of sp³-hybridized carbons (Fsp3) is 0.143. The zero-order valence-electron chi connectivity index (χ0n) is 15.3. The Balaban J connectivity index is 1.67. The molecule has 2 aromatic carbocycles. The third-order valence-electron chi connectivity index (χ3n) is 4.83. The number of allylic oxidation sites excluding steroid dienone is 1. The van der Waals surface area contributed by atoms with Crippen LogP contribution >= 0.6 is 0 Å². The summed E-state index contributed by atoms with van der Waals surface area (Å²) in [5.74, 6) is -0.0430. The lowest BCUT2D eigenvalue weighted by atomic mass is 9.82. The Hall–Kier alpha value is -3.55. The molecule has 0 saturated carbocycles. The number of carbonyl (C=O) groups is 1. The van der Waals surface area contributed by atoms with Gasteiger partial charge in [0.25, 0.3) is 5.91 Å². The van der Waals surface area contributed by atoms with Crippen LogP contribution in [0.1, 0.15) is 29.5 Å². The van der Waals surface area contributed by atoms with Crippen molar-refractivity contribution in [2.45, 2.75) is 19.0 Å². The fourth-order valence-corrected chi connectivity index (χ4v) is 3.48. The molecular formula is C21H17F3N4O. The zero-order valence-corrected chi connectivity index (χ0v) is 15.3. The minimum atomic E-state index is -4.43. The molecule has 1 unspecified atom stereocenters. The number of hydrogen-bond acceptors (Lipinski definition) is 3. The molecule has 1 atom stereocenters. The molecule has 1 aliphatic heterocycles. The maximum absolute atomic E-state index is 13.1. The number of fused-ring (bicyclic) bond motifs is 1. The highest BCUT2D eigenvalue weighted by Crippen LogP contribution is 2.41. The molecule has 1 aromatic heterocycles. The van der Waals surface area contributed by atoms with Crippen LogP contribution in [0.5, 0.6) is 0 Å². The van der Waals surface area contributed by atoms with Crippen molar-refractivity contribution in [3.63, 3.8) is 0 Å². The number of hydrogen-bond donors (Lipinski definition) is 3. The Kier molecular flexibility index (Phi) is 4.62. The maximum Gasteiger partial charge on any atom is 0.416 e. The molecule has 148 valence electrons. The van der Waals surface area contributed by atoms with Gasteiger partial charge in [0.05, 0.1) is 11.8 Å². The molecule has 1 aliphatic rings. The minimum Gasteiger partial charge on any atom is -0.344 e. The van der Waals surface area contributed by atoms with Gasteiger partial charge in [-0.25, -0.2) is 0 Å². The second-order valence-corrected chi connectivity index (χ2v) is 6.74. The molecule has 0 fully saturated rings. The van der Waals surface area contributed by atoms with Gasteiger partial charge in [0.15, 0.2) is 0 Å². The van der Waals surface area contributed by atoms with E-state index >= 15 is 0 Å². The fourth-order valence-electron chi connectivity index (χ4n) is 3.48.